The van der Waals surface area contributed by atoms with E-state index in [1.807, 2.05) is 72.8 Å². The van der Waals surface area contributed by atoms with E-state index >= 15 is 0 Å². The van der Waals surface area contributed by atoms with Crippen molar-refractivity contribution in [3.63, 3.8) is 0 Å². The smallest absolute Gasteiger partial charge is 0.259 e. The number of amides is 1. The van der Waals surface area contributed by atoms with Crippen molar-refractivity contribution in [1.29, 1.82) is 0 Å². The Morgan fingerprint density at radius 3 is 2.31 bits per heavy atom. The van der Waals surface area contributed by atoms with Gasteiger partial charge in [0.05, 0.1) is 25.5 Å². The zero-order chi connectivity index (χ0) is 24.8. The van der Waals surface area contributed by atoms with E-state index in [0.29, 0.717) is 22.8 Å². The molecule has 35 heavy (non-hydrogen) atoms. The molecular weight excluding hydrogens is 440 g/mol. The Morgan fingerprint density at radius 2 is 1.66 bits per heavy atom. The van der Waals surface area contributed by atoms with Gasteiger partial charge >= 0.3 is 0 Å². The van der Waals surface area contributed by atoms with Gasteiger partial charge in [0.2, 0.25) is 0 Å². The van der Waals surface area contributed by atoms with Gasteiger partial charge in [-0.05, 0) is 68.5 Å². The summed E-state index contributed by atoms with van der Waals surface area (Å²) in [7, 11) is 7.28. The van der Waals surface area contributed by atoms with Crippen molar-refractivity contribution < 1.29 is 14.3 Å². The Labute approximate surface area is 205 Å². The van der Waals surface area contributed by atoms with Crippen LogP contribution in [0.3, 0.4) is 0 Å². The molecule has 0 unspecified atom stereocenters. The molecule has 0 aliphatic heterocycles. The van der Waals surface area contributed by atoms with Gasteiger partial charge in [0.25, 0.3) is 5.91 Å². The number of carbonyl (C=O) groups excluding carboxylic acids is 1. The third-order valence-corrected chi connectivity index (χ3v) is 5.70. The molecule has 0 saturated carbocycles. The van der Waals surface area contributed by atoms with Crippen LogP contribution in [-0.2, 0) is 6.42 Å². The number of nitrogens with one attached hydrogen (secondary N) is 1. The summed E-state index contributed by atoms with van der Waals surface area (Å²) in [6.45, 7) is 0.971. The highest BCUT2D eigenvalue weighted by atomic mass is 16.5. The second-order valence-corrected chi connectivity index (χ2v) is 8.45. The van der Waals surface area contributed by atoms with Crippen molar-refractivity contribution in [2.75, 3.05) is 40.2 Å². The van der Waals surface area contributed by atoms with Crippen LogP contribution in [0.4, 0.5) is 5.69 Å². The molecule has 0 radical (unpaired) electrons. The molecule has 1 aromatic heterocycles. The van der Waals surface area contributed by atoms with Crippen LogP contribution in [0.15, 0.2) is 79.0 Å². The Kier molecular flexibility index (Phi) is 7.48. The molecule has 7 heteroatoms. The number of hydrogen-bond donors (Lipinski definition) is 1. The van der Waals surface area contributed by atoms with Crippen LogP contribution in [0.25, 0.3) is 16.9 Å². The molecule has 4 rings (SSSR count). The molecule has 0 bridgehead atoms. The molecule has 0 spiro atoms. The number of benzene rings is 3. The lowest BCUT2D eigenvalue weighted by atomic mass is 10.1. The third kappa shape index (κ3) is 5.70. The van der Waals surface area contributed by atoms with Gasteiger partial charge in [0.15, 0.2) is 11.5 Å². The van der Waals surface area contributed by atoms with E-state index < -0.39 is 0 Å². The van der Waals surface area contributed by atoms with Crippen LogP contribution in [-0.4, -0.2) is 55.4 Å². The fourth-order valence-electron chi connectivity index (χ4n) is 3.76. The summed E-state index contributed by atoms with van der Waals surface area (Å²) in [5, 5.41) is 7.77. The Balaban J connectivity index is 1.66. The molecule has 1 heterocycles. The minimum Gasteiger partial charge on any atom is -0.493 e. The van der Waals surface area contributed by atoms with Gasteiger partial charge in [-0.25, -0.2) is 4.68 Å². The summed E-state index contributed by atoms with van der Waals surface area (Å²) in [6.07, 6.45) is 2.71. The van der Waals surface area contributed by atoms with Crippen molar-refractivity contribution in [3.05, 3.63) is 90.1 Å². The largest absolute Gasteiger partial charge is 0.493 e. The average molecular weight is 471 g/mol. The molecule has 0 aliphatic carbocycles. The maximum absolute atomic E-state index is 13.4. The molecular formula is C28H30N4O3. The molecule has 7 nitrogen and oxygen atoms in total. The van der Waals surface area contributed by atoms with E-state index in [1.165, 1.54) is 5.56 Å². The summed E-state index contributed by atoms with van der Waals surface area (Å²) < 4.78 is 12.5. The quantitative estimate of drug-likeness (QED) is 0.376. The van der Waals surface area contributed by atoms with E-state index in [9.17, 15) is 4.79 Å². The minimum absolute atomic E-state index is 0.238. The van der Waals surface area contributed by atoms with E-state index in [1.54, 1.807) is 25.1 Å². The second kappa shape index (κ2) is 10.9. The van der Waals surface area contributed by atoms with E-state index in [4.69, 9.17) is 14.6 Å². The Bertz CT molecular complexity index is 1280. The highest BCUT2D eigenvalue weighted by molar-refractivity contribution is 6.08. The molecule has 0 fully saturated rings. The summed E-state index contributed by atoms with van der Waals surface area (Å²) in [4.78, 5) is 15.6. The normalized spacial score (nSPS) is 10.9. The predicted molar refractivity (Wildman–Crippen MR) is 139 cm³/mol. The third-order valence-electron chi connectivity index (χ3n) is 5.70. The zero-order valence-electron chi connectivity index (χ0n) is 20.5. The molecule has 0 saturated heterocycles. The summed E-state index contributed by atoms with van der Waals surface area (Å²) >= 11 is 0. The molecule has 1 amide bonds. The lowest BCUT2D eigenvalue weighted by molar-refractivity contribution is 0.102. The number of hydrogen-bond acceptors (Lipinski definition) is 5. The number of aromatic nitrogens is 2. The lowest BCUT2D eigenvalue weighted by Crippen LogP contribution is -2.15. The first kappa shape index (κ1) is 24.0. The SMILES string of the molecule is COc1ccc(-c2nn(-c3ccccc3)cc2C(=O)Nc2ccc(CCN(C)C)cc2)cc1OC. The number of anilines is 1. The van der Waals surface area contributed by atoms with Gasteiger partial charge in [0.1, 0.15) is 5.69 Å². The van der Waals surface area contributed by atoms with Gasteiger partial charge in [0, 0.05) is 24.0 Å². The zero-order valence-corrected chi connectivity index (χ0v) is 20.5. The van der Waals surface area contributed by atoms with Crippen LogP contribution in [0.5, 0.6) is 11.5 Å². The summed E-state index contributed by atoms with van der Waals surface area (Å²) in [5.74, 6) is 0.941. The lowest BCUT2D eigenvalue weighted by Gasteiger charge is -2.11. The first-order valence-electron chi connectivity index (χ1n) is 11.4. The Hall–Kier alpha value is -4.10. The van der Waals surface area contributed by atoms with Crippen LogP contribution < -0.4 is 14.8 Å². The van der Waals surface area contributed by atoms with Crippen molar-refractivity contribution in [2.45, 2.75) is 6.42 Å². The minimum atomic E-state index is -0.238. The molecule has 180 valence electrons. The van der Waals surface area contributed by atoms with Crippen molar-refractivity contribution in [1.82, 2.24) is 14.7 Å². The Morgan fingerprint density at radius 1 is 0.943 bits per heavy atom. The van der Waals surface area contributed by atoms with Gasteiger partial charge in [-0.15, -0.1) is 0 Å². The van der Waals surface area contributed by atoms with E-state index in [2.05, 4.69) is 24.3 Å². The predicted octanol–water partition coefficient (Wildman–Crippen LogP) is 4.91. The summed E-state index contributed by atoms with van der Waals surface area (Å²) in [6, 6.07) is 23.2. The molecule has 3 aromatic carbocycles. The van der Waals surface area contributed by atoms with Crippen LogP contribution in [0.1, 0.15) is 15.9 Å². The second-order valence-electron chi connectivity index (χ2n) is 8.45. The highest BCUT2D eigenvalue weighted by Gasteiger charge is 2.20. The van der Waals surface area contributed by atoms with Gasteiger partial charge in [-0.1, -0.05) is 30.3 Å². The van der Waals surface area contributed by atoms with Crippen molar-refractivity contribution >= 4 is 11.6 Å². The first-order valence-corrected chi connectivity index (χ1v) is 11.4. The molecule has 1 N–H and O–H groups in total. The van der Waals surface area contributed by atoms with Crippen molar-refractivity contribution in [2.24, 2.45) is 0 Å². The number of para-hydroxylation sites is 1. The van der Waals surface area contributed by atoms with Crippen molar-refractivity contribution in [3.8, 4) is 28.4 Å². The monoisotopic (exact) mass is 470 g/mol. The van der Waals surface area contributed by atoms with Gasteiger partial charge in [-0.3, -0.25) is 4.79 Å². The summed E-state index contributed by atoms with van der Waals surface area (Å²) in [5.41, 5.74) is 4.57. The standard InChI is InChI=1S/C28H30N4O3/c1-31(2)17-16-20-10-13-22(14-11-20)29-28(33)24-19-32(23-8-6-5-7-9-23)30-27(24)21-12-15-25(34-3)26(18-21)35-4/h5-15,18-19H,16-17H2,1-4H3,(H,29,33). The van der Waals surface area contributed by atoms with Crippen LogP contribution in [0.2, 0.25) is 0 Å². The first-order chi connectivity index (χ1) is 17.0. The van der Waals surface area contributed by atoms with Gasteiger partial charge < -0.3 is 19.7 Å². The fourth-order valence-corrected chi connectivity index (χ4v) is 3.76. The fraction of sp³-hybridized carbons (Fsp3) is 0.214. The molecule has 0 aliphatic rings. The van der Waals surface area contributed by atoms with E-state index in [-0.39, 0.29) is 5.91 Å². The number of carbonyl (C=O) groups is 1. The maximum Gasteiger partial charge on any atom is 0.259 e. The molecule has 4 aromatic rings. The van der Waals surface area contributed by atoms with E-state index in [0.717, 1.165) is 29.9 Å². The number of rotatable bonds is 9. The average Bonchev–Trinajstić information content (AvgIpc) is 3.34. The maximum atomic E-state index is 13.4. The van der Waals surface area contributed by atoms with Crippen LogP contribution >= 0.6 is 0 Å². The topological polar surface area (TPSA) is 68.6 Å². The highest BCUT2D eigenvalue weighted by Crippen LogP contribution is 2.33. The van der Waals surface area contributed by atoms with Crippen LogP contribution in [0, 0.1) is 0 Å². The number of nitrogens with zero attached hydrogens (tertiary/aromatic N) is 3. The van der Waals surface area contributed by atoms with Gasteiger partial charge in [-0.2, -0.15) is 5.10 Å². The number of likely N-dealkylation sites (N-methyl/N-ethyl adjacent to an activating group) is 1. The number of ether oxygens (including phenoxy) is 2. The number of methoxy groups -OCH3 is 2. The molecule has 0 atom stereocenters.